The minimum atomic E-state index is -0.434. The molecule has 1 aliphatic rings. The lowest BCUT2D eigenvalue weighted by atomic mass is 10.1. The van der Waals surface area contributed by atoms with Gasteiger partial charge < -0.3 is 18.9 Å². The summed E-state index contributed by atoms with van der Waals surface area (Å²) in [5, 5.41) is 0. The standard InChI is InChI=1S/C34H31NO5/c1-27-22-32(14-15-33(27)40-26-34(36)37-2)39-19-7-11-30-23-29(10-6-16-35-17-20-38-21-18-35)24-31(25-30)13-12-28-8-4-3-5-9-28/h3-5,8-9,14-15,22-25H,16-21,26H2,1-2H3. The smallest absolute Gasteiger partial charge is 0.343 e. The number of hydrogen-bond acceptors (Lipinski definition) is 6. The minimum Gasteiger partial charge on any atom is -0.482 e. The molecule has 0 bridgehead atoms. The summed E-state index contributed by atoms with van der Waals surface area (Å²) in [5.74, 6) is 20.1. The van der Waals surface area contributed by atoms with E-state index in [1.165, 1.54) is 7.11 Å². The van der Waals surface area contributed by atoms with E-state index in [9.17, 15) is 4.79 Å². The highest BCUT2D eigenvalue weighted by molar-refractivity contribution is 5.71. The summed E-state index contributed by atoms with van der Waals surface area (Å²) in [5.41, 5.74) is 4.34. The number of hydrogen-bond donors (Lipinski definition) is 0. The number of methoxy groups -OCH3 is 1. The SMILES string of the molecule is COC(=O)COc1ccc(OCC#Cc2cc(C#CCN3CCOCC3)cc(C#Cc3ccccc3)c2)cc1C. The molecule has 1 heterocycles. The van der Waals surface area contributed by atoms with Crippen LogP contribution in [0.1, 0.15) is 27.8 Å². The second-order valence-electron chi connectivity index (χ2n) is 8.99. The molecule has 202 valence electrons. The van der Waals surface area contributed by atoms with E-state index in [0.29, 0.717) is 18.0 Å². The molecular weight excluding hydrogens is 502 g/mol. The zero-order chi connectivity index (χ0) is 28.0. The molecule has 3 aromatic rings. The van der Waals surface area contributed by atoms with Crippen molar-refractivity contribution in [1.82, 2.24) is 4.90 Å². The van der Waals surface area contributed by atoms with Crippen molar-refractivity contribution < 1.29 is 23.7 Å². The molecule has 0 aliphatic carbocycles. The van der Waals surface area contributed by atoms with E-state index in [2.05, 4.69) is 45.2 Å². The van der Waals surface area contributed by atoms with Gasteiger partial charge in [-0.05, 0) is 61.0 Å². The van der Waals surface area contributed by atoms with Crippen molar-refractivity contribution >= 4 is 5.97 Å². The van der Waals surface area contributed by atoms with Crippen LogP contribution in [0, 0.1) is 42.4 Å². The first kappa shape index (κ1) is 28.3. The third-order valence-electron chi connectivity index (χ3n) is 5.96. The van der Waals surface area contributed by atoms with Crippen LogP contribution in [0.25, 0.3) is 0 Å². The number of morpholine rings is 1. The van der Waals surface area contributed by atoms with Gasteiger partial charge in [-0.15, -0.1) is 0 Å². The molecule has 0 aromatic heterocycles. The van der Waals surface area contributed by atoms with Crippen molar-refractivity contribution in [1.29, 1.82) is 0 Å². The summed E-state index contributed by atoms with van der Waals surface area (Å²) in [6.45, 7) is 5.95. The van der Waals surface area contributed by atoms with Crippen LogP contribution >= 0.6 is 0 Å². The van der Waals surface area contributed by atoms with Gasteiger partial charge in [0.15, 0.2) is 6.61 Å². The molecule has 1 fully saturated rings. The molecule has 0 atom stereocenters. The second kappa shape index (κ2) is 15.1. The van der Waals surface area contributed by atoms with Crippen LogP contribution in [0.15, 0.2) is 66.7 Å². The van der Waals surface area contributed by atoms with E-state index in [1.807, 2.05) is 61.5 Å². The Morgan fingerprint density at radius 3 is 2.20 bits per heavy atom. The third-order valence-corrected chi connectivity index (χ3v) is 5.96. The van der Waals surface area contributed by atoms with Crippen molar-refractivity contribution in [3.05, 3.63) is 94.5 Å². The highest BCUT2D eigenvalue weighted by Crippen LogP contribution is 2.23. The number of rotatable bonds is 6. The average Bonchev–Trinajstić information content (AvgIpc) is 2.99. The van der Waals surface area contributed by atoms with Crippen molar-refractivity contribution in [2.75, 3.05) is 53.2 Å². The molecule has 0 saturated carbocycles. The Hall–Kier alpha value is -4.67. The maximum Gasteiger partial charge on any atom is 0.343 e. The number of aryl methyl sites for hydroxylation is 1. The molecular formula is C34H31NO5. The third kappa shape index (κ3) is 9.26. The summed E-state index contributed by atoms with van der Waals surface area (Å²) < 4.78 is 21.3. The van der Waals surface area contributed by atoms with Gasteiger partial charge in [0.2, 0.25) is 0 Å². The molecule has 1 aliphatic heterocycles. The molecule has 6 heteroatoms. The van der Waals surface area contributed by atoms with Crippen LogP contribution in [0.5, 0.6) is 11.5 Å². The fourth-order valence-electron chi connectivity index (χ4n) is 3.85. The van der Waals surface area contributed by atoms with Gasteiger partial charge in [-0.3, -0.25) is 4.90 Å². The van der Waals surface area contributed by atoms with E-state index < -0.39 is 5.97 Å². The number of ether oxygens (including phenoxy) is 4. The van der Waals surface area contributed by atoms with Crippen LogP contribution in [-0.2, 0) is 14.3 Å². The molecule has 0 spiro atoms. The number of esters is 1. The van der Waals surface area contributed by atoms with E-state index in [-0.39, 0.29) is 13.2 Å². The average molecular weight is 534 g/mol. The maximum absolute atomic E-state index is 11.3. The molecule has 4 rings (SSSR count). The first-order chi connectivity index (χ1) is 19.6. The lowest BCUT2D eigenvalue weighted by molar-refractivity contribution is -0.142. The normalized spacial score (nSPS) is 12.4. The van der Waals surface area contributed by atoms with Gasteiger partial charge in [-0.2, -0.15) is 0 Å². The van der Waals surface area contributed by atoms with Gasteiger partial charge in [-0.25, -0.2) is 4.79 Å². The van der Waals surface area contributed by atoms with E-state index in [1.54, 1.807) is 12.1 Å². The van der Waals surface area contributed by atoms with E-state index in [4.69, 9.17) is 14.2 Å². The molecule has 0 amide bonds. The summed E-state index contributed by atoms with van der Waals surface area (Å²) in [4.78, 5) is 13.6. The molecule has 40 heavy (non-hydrogen) atoms. The predicted octanol–water partition coefficient (Wildman–Crippen LogP) is 4.06. The second-order valence-corrected chi connectivity index (χ2v) is 8.99. The molecule has 6 nitrogen and oxygen atoms in total. The molecule has 0 unspecified atom stereocenters. The lowest BCUT2D eigenvalue weighted by Crippen LogP contribution is -2.36. The summed E-state index contributed by atoms with van der Waals surface area (Å²) in [6, 6.07) is 21.2. The molecule has 0 N–H and O–H groups in total. The first-order valence-corrected chi connectivity index (χ1v) is 13.0. The van der Waals surface area contributed by atoms with Crippen LogP contribution in [-0.4, -0.2) is 64.0 Å². The lowest BCUT2D eigenvalue weighted by Gasteiger charge is -2.24. The zero-order valence-corrected chi connectivity index (χ0v) is 22.8. The van der Waals surface area contributed by atoms with Crippen molar-refractivity contribution in [3.8, 4) is 47.0 Å². The number of carbonyl (C=O) groups excluding carboxylic acids is 1. The van der Waals surface area contributed by atoms with Crippen LogP contribution in [0.3, 0.4) is 0 Å². The van der Waals surface area contributed by atoms with Gasteiger partial charge in [0.1, 0.15) is 18.1 Å². The summed E-state index contributed by atoms with van der Waals surface area (Å²) in [7, 11) is 1.33. The fraction of sp³-hybridized carbons (Fsp3) is 0.265. The van der Waals surface area contributed by atoms with Gasteiger partial charge >= 0.3 is 5.97 Å². The van der Waals surface area contributed by atoms with E-state index in [0.717, 1.165) is 54.1 Å². The fourth-order valence-corrected chi connectivity index (χ4v) is 3.85. The first-order valence-electron chi connectivity index (χ1n) is 13.0. The maximum atomic E-state index is 11.3. The van der Waals surface area contributed by atoms with Crippen molar-refractivity contribution in [3.63, 3.8) is 0 Å². The monoisotopic (exact) mass is 533 g/mol. The van der Waals surface area contributed by atoms with E-state index >= 15 is 0 Å². The highest BCUT2D eigenvalue weighted by atomic mass is 16.6. The highest BCUT2D eigenvalue weighted by Gasteiger charge is 2.08. The minimum absolute atomic E-state index is 0.141. The van der Waals surface area contributed by atoms with Gasteiger partial charge in [0.05, 0.1) is 26.9 Å². The van der Waals surface area contributed by atoms with Crippen molar-refractivity contribution in [2.45, 2.75) is 6.92 Å². The number of nitrogens with zero attached hydrogens (tertiary/aromatic N) is 1. The summed E-state index contributed by atoms with van der Waals surface area (Å²) in [6.07, 6.45) is 0. The quantitative estimate of drug-likeness (QED) is 0.352. The Morgan fingerprint density at radius 2 is 1.50 bits per heavy atom. The Morgan fingerprint density at radius 1 is 0.825 bits per heavy atom. The topological polar surface area (TPSA) is 57.2 Å². The largest absolute Gasteiger partial charge is 0.482 e. The Balaban J connectivity index is 1.45. The van der Waals surface area contributed by atoms with Crippen LogP contribution < -0.4 is 9.47 Å². The molecule has 1 saturated heterocycles. The van der Waals surface area contributed by atoms with Crippen molar-refractivity contribution in [2.24, 2.45) is 0 Å². The Bertz CT molecular complexity index is 1490. The zero-order valence-electron chi connectivity index (χ0n) is 22.8. The predicted molar refractivity (Wildman–Crippen MR) is 154 cm³/mol. The summed E-state index contributed by atoms with van der Waals surface area (Å²) >= 11 is 0. The van der Waals surface area contributed by atoms with Crippen LogP contribution in [0.2, 0.25) is 0 Å². The molecule has 3 aromatic carbocycles. The van der Waals surface area contributed by atoms with Crippen LogP contribution in [0.4, 0.5) is 0 Å². The Labute approximate surface area is 236 Å². The van der Waals surface area contributed by atoms with Gasteiger partial charge in [0, 0.05) is 35.3 Å². The Kier molecular flexibility index (Phi) is 10.7. The van der Waals surface area contributed by atoms with Gasteiger partial charge in [0.25, 0.3) is 0 Å². The number of benzene rings is 3. The number of carbonyl (C=O) groups is 1. The molecule has 0 radical (unpaired) electrons. The van der Waals surface area contributed by atoms with Gasteiger partial charge in [-0.1, -0.05) is 53.7 Å².